The summed E-state index contributed by atoms with van der Waals surface area (Å²) in [5.41, 5.74) is 2.71. The van der Waals surface area contributed by atoms with Gasteiger partial charge in [0.25, 0.3) is 0 Å². The van der Waals surface area contributed by atoms with Crippen molar-refractivity contribution in [2.75, 3.05) is 25.0 Å². The summed E-state index contributed by atoms with van der Waals surface area (Å²) in [5.74, 6) is 0. The van der Waals surface area contributed by atoms with Gasteiger partial charge in [-0.15, -0.1) is 0 Å². The van der Waals surface area contributed by atoms with E-state index in [-0.39, 0.29) is 0 Å². The second kappa shape index (κ2) is 6.59. The third kappa shape index (κ3) is 3.74. The van der Waals surface area contributed by atoms with Crippen LogP contribution in [-0.4, -0.2) is 43.2 Å². The zero-order valence-corrected chi connectivity index (χ0v) is 13.6. The van der Waals surface area contributed by atoms with E-state index in [1.54, 1.807) is 0 Å². The fraction of sp³-hybridized carbons (Fsp3) is 0.647. The molecule has 0 saturated carbocycles. The molecule has 0 aliphatic carbocycles. The summed E-state index contributed by atoms with van der Waals surface area (Å²) in [7, 11) is 2.23. The Hall–Kier alpha value is -1.06. The van der Waals surface area contributed by atoms with Crippen molar-refractivity contribution < 1.29 is 0 Å². The molecule has 0 radical (unpaired) electrons. The molecule has 1 fully saturated rings. The molecule has 3 heteroatoms. The molecule has 20 heavy (non-hydrogen) atoms. The van der Waals surface area contributed by atoms with Crippen molar-refractivity contribution >= 4 is 5.69 Å². The Kier molecular flexibility index (Phi) is 5.06. The lowest BCUT2D eigenvalue weighted by atomic mass is 10.1. The number of benzene rings is 1. The molecule has 3 nitrogen and oxygen atoms in total. The third-order valence-electron chi connectivity index (χ3n) is 4.38. The summed E-state index contributed by atoms with van der Waals surface area (Å²) in [6.45, 7) is 12.2. The lowest BCUT2D eigenvalue weighted by Gasteiger charge is -2.43. The van der Waals surface area contributed by atoms with E-state index >= 15 is 0 Å². The van der Waals surface area contributed by atoms with Crippen molar-refractivity contribution in [3.8, 4) is 0 Å². The highest BCUT2D eigenvalue weighted by Gasteiger charge is 2.26. The predicted molar refractivity (Wildman–Crippen MR) is 87.3 cm³/mol. The van der Waals surface area contributed by atoms with Gasteiger partial charge in [-0.05, 0) is 38.6 Å². The highest BCUT2D eigenvalue weighted by Crippen LogP contribution is 2.21. The zero-order chi connectivity index (χ0) is 14.7. The fourth-order valence-electron chi connectivity index (χ4n) is 2.76. The summed E-state index contributed by atoms with van der Waals surface area (Å²) in [4.78, 5) is 4.98. The minimum atomic E-state index is 0.536. The monoisotopic (exact) mass is 275 g/mol. The van der Waals surface area contributed by atoms with Gasteiger partial charge in [-0.2, -0.15) is 0 Å². The van der Waals surface area contributed by atoms with Gasteiger partial charge in [-0.25, -0.2) is 0 Å². The maximum atomic E-state index is 3.46. The predicted octanol–water partition coefficient (Wildman–Crippen LogP) is 2.71. The van der Waals surface area contributed by atoms with Gasteiger partial charge in [-0.3, -0.25) is 4.90 Å². The maximum Gasteiger partial charge on any atom is 0.0367 e. The molecule has 1 aromatic carbocycles. The second-order valence-corrected chi connectivity index (χ2v) is 6.47. The number of piperazine rings is 1. The van der Waals surface area contributed by atoms with Crippen molar-refractivity contribution in [3.63, 3.8) is 0 Å². The number of anilines is 1. The van der Waals surface area contributed by atoms with E-state index in [0.29, 0.717) is 18.1 Å². The molecule has 2 atom stereocenters. The van der Waals surface area contributed by atoms with Gasteiger partial charge in [0.1, 0.15) is 0 Å². The van der Waals surface area contributed by atoms with Gasteiger partial charge in [0, 0.05) is 43.4 Å². The van der Waals surface area contributed by atoms with Crippen LogP contribution in [0.4, 0.5) is 5.69 Å². The lowest BCUT2D eigenvalue weighted by Crippen LogP contribution is -2.55. The van der Waals surface area contributed by atoms with Crippen molar-refractivity contribution in [3.05, 3.63) is 29.8 Å². The minimum absolute atomic E-state index is 0.536. The molecule has 2 unspecified atom stereocenters. The molecule has 1 aromatic rings. The molecule has 2 rings (SSSR count). The third-order valence-corrected chi connectivity index (χ3v) is 4.38. The van der Waals surface area contributed by atoms with Gasteiger partial charge in [0.15, 0.2) is 0 Å². The Labute approximate surface area is 124 Å². The Balaban J connectivity index is 1.99. The van der Waals surface area contributed by atoms with E-state index < -0.39 is 0 Å². The molecule has 1 aliphatic rings. The summed E-state index contributed by atoms with van der Waals surface area (Å²) < 4.78 is 0. The summed E-state index contributed by atoms with van der Waals surface area (Å²) >= 11 is 0. The molecule has 0 aromatic heterocycles. The number of hydrogen-bond donors (Lipinski definition) is 1. The number of nitrogens with zero attached hydrogens (tertiary/aromatic N) is 2. The van der Waals surface area contributed by atoms with E-state index in [4.69, 9.17) is 0 Å². The molecular formula is C17H29N3. The van der Waals surface area contributed by atoms with Gasteiger partial charge in [0.2, 0.25) is 0 Å². The first kappa shape index (κ1) is 15.3. The normalized spacial score (nSPS) is 24.4. The van der Waals surface area contributed by atoms with Crippen LogP contribution < -0.4 is 10.2 Å². The van der Waals surface area contributed by atoms with Gasteiger partial charge < -0.3 is 10.2 Å². The van der Waals surface area contributed by atoms with E-state index in [9.17, 15) is 0 Å². The number of likely N-dealkylation sites (N-methyl/N-ethyl adjacent to an activating group) is 1. The summed E-state index contributed by atoms with van der Waals surface area (Å²) in [5, 5.41) is 3.46. The van der Waals surface area contributed by atoms with Crippen molar-refractivity contribution in [2.45, 2.75) is 52.4 Å². The standard InChI is InChI=1S/C17H29N3/c1-13(2)18-10-16-6-8-17(9-7-16)20-11-14(3)19(5)15(4)12-20/h6-9,13-15,18H,10-12H2,1-5H3. The molecule has 0 bridgehead atoms. The number of hydrogen-bond acceptors (Lipinski definition) is 3. The Morgan fingerprint density at radius 3 is 2.15 bits per heavy atom. The zero-order valence-electron chi connectivity index (χ0n) is 13.6. The van der Waals surface area contributed by atoms with Gasteiger partial charge in [0.05, 0.1) is 0 Å². The highest BCUT2D eigenvalue weighted by atomic mass is 15.3. The van der Waals surface area contributed by atoms with E-state index in [0.717, 1.165) is 19.6 Å². The van der Waals surface area contributed by atoms with Crippen LogP contribution in [0.3, 0.4) is 0 Å². The molecular weight excluding hydrogens is 246 g/mol. The van der Waals surface area contributed by atoms with Gasteiger partial charge in [-0.1, -0.05) is 26.0 Å². The Morgan fingerprint density at radius 1 is 1.10 bits per heavy atom. The quantitative estimate of drug-likeness (QED) is 0.911. The number of rotatable bonds is 4. The minimum Gasteiger partial charge on any atom is -0.368 e. The molecule has 0 spiro atoms. The maximum absolute atomic E-state index is 3.46. The van der Waals surface area contributed by atoms with E-state index in [2.05, 4.69) is 74.1 Å². The largest absolute Gasteiger partial charge is 0.368 e. The van der Waals surface area contributed by atoms with Crippen LogP contribution in [0.15, 0.2) is 24.3 Å². The Bertz CT molecular complexity index is 401. The second-order valence-electron chi connectivity index (χ2n) is 6.47. The molecule has 1 aliphatic heterocycles. The number of nitrogens with one attached hydrogen (secondary N) is 1. The molecule has 1 N–H and O–H groups in total. The van der Waals surface area contributed by atoms with E-state index in [1.807, 2.05) is 0 Å². The smallest absolute Gasteiger partial charge is 0.0367 e. The van der Waals surface area contributed by atoms with Crippen LogP contribution in [0.25, 0.3) is 0 Å². The van der Waals surface area contributed by atoms with Crippen LogP contribution in [0.1, 0.15) is 33.3 Å². The molecule has 1 heterocycles. The van der Waals surface area contributed by atoms with Crippen LogP contribution in [0.2, 0.25) is 0 Å². The molecule has 1 saturated heterocycles. The topological polar surface area (TPSA) is 18.5 Å². The van der Waals surface area contributed by atoms with Crippen molar-refractivity contribution in [2.24, 2.45) is 0 Å². The average molecular weight is 275 g/mol. The average Bonchev–Trinajstić information content (AvgIpc) is 2.42. The Morgan fingerprint density at radius 2 is 1.65 bits per heavy atom. The van der Waals surface area contributed by atoms with Crippen LogP contribution in [0, 0.1) is 0 Å². The molecule has 0 amide bonds. The van der Waals surface area contributed by atoms with Crippen LogP contribution >= 0.6 is 0 Å². The highest BCUT2D eigenvalue weighted by molar-refractivity contribution is 5.48. The first-order valence-corrected chi connectivity index (χ1v) is 7.76. The summed E-state index contributed by atoms with van der Waals surface area (Å²) in [6, 6.07) is 10.8. The lowest BCUT2D eigenvalue weighted by molar-refractivity contribution is 0.170. The SMILES string of the molecule is CC(C)NCc1ccc(N2CC(C)N(C)C(C)C2)cc1. The summed E-state index contributed by atoms with van der Waals surface area (Å²) in [6.07, 6.45) is 0. The van der Waals surface area contributed by atoms with E-state index in [1.165, 1.54) is 11.3 Å². The van der Waals surface area contributed by atoms with Gasteiger partial charge >= 0.3 is 0 Å². The van der Waals surface area contributed by atoms with Crippen LogP contribution in [-0.2, 0) is 6.54 Å². The fourth-order valence-corrected chi connectivity index (χ4v) is 2.76. The van der Waals surface area contributed by atoms with Crippen LogP contribution in [0.5, 0.6) is 0 Å². The van der Waals surface area contributed by atoms with Crippen molar-refractivity contribution in [1.82, 2.24) is 10.2 Å². The first-order valence-electron chi connectivity index (χ1n) is 7.76. The molecule has 112 valence electrons. The first-order chi connectivity index (χ1) is 9.47. The van der Waals surface area contributed by atoms with Crippen molar-refractivity contribution in [1.29, 1.82) is 0 Å².